The fourth-order valence-electron chi connectivity index (χ4n) is 2.22. The van der Waals surface area contributed by atoms with Gasteiger partial charge in [-0.2, -0.15) is 0 Å². The van der Waals surface area contributed by atoms with Gasteiger partial charge in [0, 0.05) is 12.3 Å². The second kappa shape index (κ2) is 7.32. The minimum atomic E-state index is -1.66. The smallest absolute Gasteiger partial charge is 0.238 e. The number of rotatable bonds is 5. The molecule has 0 saturated carbocycles. The molecule has 0 radical (unpaired) electrons. The number of halogens is 4. The number of hydrogen-bond acceptors (Lipinski definition) is 4. The number of aromatic amines is 1. The molecule has 1 unspecified atom stereocenters. The van der Waals surface area contributed by atoms with E-state index in [1.54, 1.807) is 25.3 Å². The van der Waals surface area contributed by atoms with Gasteiger partial charge in [0.05, 0.1) is 10.8 Å². The molecule has 10 heteroatoms. The Balaban J connectivity index is 1.81. The number of aromatic nitrogens is 3. The molecule has 2 N–H and O–H groups in total. The molecule has 0 aliphatic carbocycles. The van der Waals surface area contributed by atoms with Crippen LogP contribution in [0.4, 0.5) is 23.2 Å². The Morgan fingerprint density at radius 1 is 1.27 bits per heavy atom. The number of nitrogens with one attached hydrogen (secondary N) is 2. The Kier molecular flexibility index (Phi) is 5.12. The molecule has 2 aromatic heterocycles. The predicted molar refractivity (Wildman–Crippen MR) is 88.7 cm³/mol. The molecule has 3 aromatic rings. The van der Waals surface area contributed by atoms with E-state index in [-0.39, 0.29) is 12.5 Å². The van der Waals surface area contributed by atoms with E-state index in [9.17, 15) is 22.4 Å². The zero-order valence-electron chi connectivity index (χ0n) is 13.3. The molecule has 136 valence electrons. The third-order valence-corrected chi connectivity index (χ3v) is 4.76. The van der Waals surface area contributed by atoms with Gasteiger partial charge in [-0.1, -0.05) is 18.7 Å². The molecule has 0 bridgehead atoms. The number of carbonyl (C=O) groups is 1. The van der Waals surface area contributed by atoms with E-state index in [0.717, 1.165) is 11.8 Å². The Labute approximate surface area is 149 Å². The first kappa shape index (κ1) is 18.2. The van der Waals surface area contributed by atoms with Crippen LogP contribution in [-0.4, -0.2) is 26.1 Å². The lowest BCUT2D eigenvalue weighted by Crippen LogP contribution is -2.26. The van der Waals surface area contributed by atoms with Crippen LogP contribution in [0.2, 0.25) is 0 Å². The number of carbonyl (C=O) groups excluding carboxylic acids is 1. The maximum absolute atomic E-state index is 13.7. The SMILES string of the molecule is CCC(Sc1nc2ncccc2[nH]1)C(=O)Nc1c(F)c(F)cc(F)c1F. The molecule has 0 spiro atoms. The summed E-state index contributed by atoms with van der Waals surface area (Å²) in [5.41, 5.74) is -0.0399. The van der Waals surface area contributed by atoms with E-state index < -0.39 is 40.1 Å². The van der Waals surface area contributed by atoms with Gasteiger partial charge in [-0.05, 0) is 18.6 Å². The van der Waals surface area contributed by atoms with Gasteiger partial charge < -0.3 is 10.3 Å². The van der Waals surface area contributed by atoms with E-state index >= 15 is 0 Å². The van der Waals surface area contributed by atoms with Crippen molar-refractivity contribution < 1.29 is 22.4 Å². The summed E-state index contributed by atoms with van der Waals surface area (Å²) in [5.74, 6) is -7.32. The highest BCUT2D eigenvalue weighted by Gasteiger charge is 2.25. The van der Waals surface area contributed by atoms with E-state index in [4.69, 9.17) is 0 Å². The van der Waals surface area contributed by atoms with Crippen LogP contribution in [0.25, 0.3) is 11.2 Å². The normalized spacial score (nSPS) is 12.3. The fourth-order valence-corrected chi connectivity index (χ4v) is 3.13. The molecule has 1 amide bonds. The summed E-state index contributed by atoms with van der Waals surface area (Å²) in [5, 5.41) is 1.49. The quantitative estimate of drug-likeness (QED) is 0.396. The monoisotopic (exact) mass is 384 g/mol. The number of amides is 1. The van der Waals surface area contributed by atoms with Crippen LogP contribution in [0.3, 0.4) is 0 Å². The maximum Gasteiger partial charge on any atom is 0.238 e. The molecule has 26 heavy (non-hydrogen) atoms. The summed E-state index contributed by atoms with van der Waals surface area (Å²) in [4.78, 5) is 23.5. The van der Waals surface area contributed by atoms with Crippen LogP contribution in [0.1, 0.15) is 13.3 Å². The molecular formula is C16H12F4N4OS. The van der Waals surface area contributed by atoms with Crippen LogP contribution in [0, 0.1) is 23.3 Å². The van der Waals surface area contributed by atoms with Crippen LogP contribution in [0.15, 0.2) is 29.6 Å². The number of fused-ring (bicyclic) bond motifs is 1. The van der Waals surface area contributed by atoms with Gasteiger partial charge in [-0.3, -0.25) is 4.79 Å². The summed E-state index contributed by atoms with van der Waals surface area (Å²) < 4.78 is 53.9. The van der Waals surface area contributed by atoms with Gasteiger partial charge in [0.1, 0.15) is 5.69 Å². The van der Waals surface area contributed by atoms with E-state index in [1.807, 2.05) is 5.32 Å². The molecule has 0 saturated heterocycles. The molecular weight excluding hydrogens is 372 g/mol. The lowest BCUT2D eigenvalue weighted by atomic mass is 10.2. The Bertz CT molecular complexity index is 919. The summed E-state index contributed by atoms with van der Waals surface area (Å²) in [6, 6.07) is 3.54. The van der Waals surface area contributed by atoms with Crippen molar-refractivity contribution in [1.29, 1.82) is 0 Å². The largest absolute Gasteiger partial charge is 0.332 e. The second-order valence-electron chi connectivity index (χ2n) is 5.26. The molecule has 3 rings (SSSR count). The van der Waals surface area contributed by atoms with E-state index in [2.05, 4.69) is 15.0 Å². The van der Waals surface area contributed by atoms with Gasteiger partial charge in [-0.25, -0.2) is 27.5 Å². The number of imidazole rings is 1. The van der Waals surface area contributed by atoms with Gasteiger partial charge in [0.25, 0.3) is 0 Å². The summed E-state index contributed by atoms with van der Waals surface area (Å²) >= 11 is 1.01. The number of benzene rings is 1. The number of nitrogens with zero attached hydrogens (tertiary/aromatic N) is 2. The first-order valence-corrected chi connectivity index (χ1v) is 8.40. The van der Waals surface area contributed by atoms with Crippen molar-refractivity contribution in [3.8, 4) is 0 Å². The van der Waals surface area contributed by atoms with Gasteiger partial charge in [-0.15, -0.1) is 0 Å². The number of thioether (sulfide) groups is 1. The van der Waals surface area contributed by atoms with Gasteiger partial charge in [0.15, 0.2) is 34.1 Å². The number of anilines is 1. The highest BCUT2D eigenvalue weighted by atomic mass is 32.2. The number of pyridine rings is 1. The maximum atomic E-state index is 13.7. The van der Waals surface area contributed by atoms with Crippen molar-refractivity contribution in [2.24, 2.45) is 0 Å². The summed E-state index contributed by atoms with van der Waals surface area (Å²) in [7, 11) is 0. The molecule has 1 atom stereocenters. The van der Waals surface area contributed by atoms with E-state index in [0.29, 0.717) is 16.3 Å². The predicted octanol–water partition coefficient (Wildman–Crippen LogP) is 4.02. The molecule has 5 nitrogen and oxygen atoms in total. The van der Waals surface area contributed by atoms with Crippen molar-refractivity contribution in [2.75, 3.05) is 5.32 Å². The average Bonchev–Trinajstić information content (AvgIpc) is 3.04. The first-order chi connectivity index (χ1) is 12.4. The Morgan fingerprint density at radius 3 is 2.58 bits per heavy atom. The van der Waals surface area contributed by atoms with Crippen molar-refractivity contribution in [3.05, 3.63) is 47.7 Å². The lowest BCUT2D eigenvalue weighted by molar-refractivity contribution is -0.115. The van der Waals surface area contributed by atoms with Crippen LogP contribution >= 0.6 is 11.8 Å². The summed E-state index contributed by atoms with van der Waals surface area (Å²) in [6.45, 7) is 1.68. The third-order valence-electron chi connectivity index (χ3n) is 3.51. The van der Waals surface area contributed by atoms with Crippen molar-refractivity contribution >= 4 is 34.5 Å². The average molecular weight is 384 g/mol. The van der Waals surface area contributed by atoms with Gasteiger partial charge in [0.2, 0.25) is 5.91 Å². The first-order valence-electron chi connectivity index (χ1n) is 7.52. The van der Waals surface area contributed by atoms with Crippen LogP contribution in [0.5, 0.6) is 0 Å². The van der Waals surface area contributed by atoms with Crippen molar-refractivity contribution in [2.45, 2.75) is 23.8 Å². The zero-order valence-corrected chi connectivity index (χ0v) is 14.1. The molecule has 0 aliphatic heterocycles. The number of H-pyrrole nitrogens is 1. The minimum Gasteiger partial charge on any atom is -0.332 e. The van der Waals surface area contributed by atoms with Crippen LogP contribution in [-0.2, 0) is 4.79 Å². The third kappa shape index (κ3) is 3.50. The number of hydrogen-bond donors (Lipinski definition) is 2. The molecule has 0 aliphatic rings. The molecule has 2 heterocycles. The highest BCUT2D eigenvalue weighted by Crippen LogP contribution is 2.28. The Hall–Kier alpha value is -2.62. The standard InChI is InChI=1S/C16H12F4N4OS/c1-2-10(26-16-22-9-4-3-5-21-14(9)24-16)15(25)23-13-11(19)7(17)6-8(18)12(13)20/h3-6,10H,2H2,1H3,(H,23,25)(H,21,22,24). The topological polar surface area (TPSA) is 70.7 Å². The zero-order chi connectivity index (χ0) is 18.8. The van der Waals surface area contributed by atoms with Gasteiger partial charge >= 0.3 is 0 Å². The molecule has 1 aromatic carbocycles. The molecule has 0 fully saturated rings. The second-order valence-corrected chi connectivity index (χ2v) is 6.46. The fraction of sp³-hybridized carbons (Fsp3) is 0.188. The van der Waals surface area contributed by atoms with Crippen molar-refractivity contribution in [1.82, 2.24) is 15.0 Å². The summed E-state index contributed by atoms with van der Waals surface area (Å²) in [6.07, 6.45) is 1.84. The minimum absolute atomic E-state index is 0.0772. The lowest BCUT2D eigenvalue weighted by Gasteiger charge is -2.14. The van der Waals surface area contributed by atoms with E-state index in [1.165, 1.54) is 0 Å². The highest BCUT2D eigenvalue weighted by molar-refractivity contribution is 8.00. The van der Waals surface area contributed by atoms with Crippen molar-refractivity contribution in [3.63, 3.8) is 0 Å². The van der Waals surface area contributed by atoms with Crippen LogP contribution < -0.4 is 5.32 Å². The Morgan fingerprint density at radius 2 is 1.96 bits per heavy atom.